The average molecular weight is 249 g/mol. The van der Waals surface area contributed by atoms with Crippen LogP contribution < -0.4 is 5.32 Å². The van der Waals surface area contributed by atoms with E-state index in [1.165, 1.54) is 5.56 Å². The van der Waals surface area contributed by atoms with Crippen LogP contribution in [0.1, 0.15) is 51.3 Å². The zero-order valence-electron chi connectivity index (χ0n) is 11.9. The lowest BCUT2D eigenvalue weighted by Gasteiger charge is -2.23. The van der Waals surface area contributed by atoms with Crippen molar-refractivity contribution < 1.29 is 9.53 Å². The summed E-state index contributed by atoms with van der Waals surface area (Å²) in [4.78, 5) is 11.7. The molecular weight excluding hydrogens is 226 g/mol. The van der Waals surface area contributed by atoms with E-state index in [0.717, 1.165) is 12.0 Å². The van der Waals surface area contributed by atoms with Crippen molar-refractivity contribution in [3.8, 4) is 0 Å². The molecule has 1 N–H and O–H groups in total. The van der Waals surface area contributed by atoms with Crippen LogP contribution in [0.4, 0.5) is 4.79 Å². The molecule has 0 bridgehead atoms. The first-order valence-corrected chi connectivity index (χ1v) is 6.38. The lowest BCUT2D eigenvalue weighted by atomic mass is 10.0. The predicted molar refractivity (Wildman–Crippen MR) is 73.6 cm³/mol. The Hall–Kier alpha value is -1.51. The maximum Gasteiger partial charge on any atom is 0.408 e. The second-order valence-electron chi connectivity index (χ2n) is 5.52. The molecule has 0 fully saturated rings. The largest absolute Gasteiger partial charge is 0.444 e. The lowest BCUT2D eigenvalue weighted by Crippen LogP contribution is -2.34. The summed E-state index contributed by atoms with van der Waals surface area (Å²) in [7, 11) is 0. The van der Waals surface area contributed by atoms with Gasteiger partial charge in [-0.25, -0.2) is 4.79 Å². The van der Waals surface area contributed by atoms with Gasteiger partial charge in [0.25, 0.3) is 0 Å². The van der Waals surface area contributed by atoms with Crippen LogP contribution in [0, 0.1) is 6.92 Å². The highest BCUT2D eigenvalue weighted by Crippen LogP contribution is 2.18. The number of rotatable bonds is 3. The van der Waals surface area contributed by atoms with Gasteiger partial charge in [-0.05, 0) is 39.7 Å². The van der Waals surface area contributed by atoms with Gasteiger partial charge in [-0.3, -0.25) is 0 Å². The first kappa shape index (κ1) is 14.6. The topological polar surface area (TPSA) is 38.3 Å². The summed E-state index contributed by atoms with van der Waals surface area (Å²) in [6.07, 6.45) is 0.470. The van der Waals surface area contributed by atoms with Gasteiger partial charge in [0.2, 0.25) is 0 Å². The van der Waals surface area contributed by atoms with Crippen molar-refractivity contribution in [1.29, 1.82) is 0 Å². The highest BCUT2D eigenvalue weighted by Gasteiger charge is 2.19. The van der Waals surface area contributed by atoms with Gasteiger partial charge in [-0.2, -0.15) is 0 Å². The molecule has 0 heterocycles. The number of carbonyl (C=O) groups excluding carboxylic acids is 1. The van der Waals surface area contributed by atoms with E-state index in [4.69, 9.17) is 4.74 Å². The molecule has 0 aliphatic heterocycles. The molecular formula is C15H23NO2. The average Bonchev–Trinajstić information content (AvgIpc) is 2.25. The monoisotopic (exact) mass is 249 g/mol. The molecule has 1 unspecified atom stereocenters. The highest BCUT2D eigenvalue weighted by atomic mass is 16.6. The molecule has 3 nitrogen and oxygen atoms in total. The second kappa shape index (κ2) is 5.89. The Kier molecular flexibility index (Phi) is 4.76. The van der Waals surface area contributed by atoms with E-state index in [2.05, 4.69) is 17.4 Å². The zero-order valence-corrected chi connectivity index (χ0v) is 11.9. The lowest BCUT2D eigenvalue weighted by molar-refractivity contribution is 0.0502. The van der Waals surface area contributed by atoms with Gasteiger partial charge in [0.15, 0.2) is 0 Å². The number of carbonyl (C=O) groups is 1. The molecule has 18 heavy (non-hydrogen) atoms. The minimum Gasteiger partial charge on any atom is -0.444 e. The quantitative estimate of drug-likeness (QED) is 0.880. The third-order valence-corrected chi connectivity index (χ3v) is 2.58. The second-order valence-corrected chi connectivity index (χ2v) is 5.52. The zero-order chi connectivity index (χ0) is 13.8. The van der Waals surface area contributed by atoms with Crippen LogP contribution in [0.3, 0.4) is 0 Å². The Morgan fingerprint density at radius 1 is 1.28 bits per heavy atom. The van der Waals surface area contributed by atoms with E-state index in [1.54, 1.807) is 0 Å². The molecule has 0 aromatic heterocycles. The van der Waals surface area contributed by atoms with E-state index < -0.39 is 5.60 Å². The van der Waals surface area contributed by atoms with E-state index >= 15 is 0 Å². The van der Waals surface area contributed by atoms with Gasteiger partial charge in [0, 0.05) is 0 Å². The summed E-state index contributed by atoms with van der Waals surface area (Å²) in [5.41, 5.74) is 1.86. The molecule has 0 radical (unpaired) electrons. The van der Waals surface area contributed by atoms with Crippen molar-refractivity contribution in [2.24, 2.45) is 0 Å². The fourth-order valence-electron chi connectivity index (χ4n) is 1.67. The minimum absolute atomic E-state index is 0.000417. The van der Waals surface area contributed by atoms with Crippen LogP contribution in [0.2, 0.25) is 0 Å². The van der Waals surface area contributed by atoms with E-state index in [-0.39, 0.29) is 12.1 Å². The van der Waals surface area contributed by atoms with Crippen LogP contribution in [0.15, 0.2) is 24.3 Å². The van der Waals surface area contributed by atoms with E-state index in [1.807, 2.05) is 46.8 Å². The highest BCUT2D eigenvalue weighted by molar-refractivity contribution is 5.68. The van der Waals surface area contributed by atoms with Crippen LogP contribution in [-0.4, -0.2) is 11.7 Å². The molecule has 1 aromatic carbocycles. The van der Waals surface area contributed by atoms with Gasteiger partial charge < -0.3 is 10.1 Å². The SMILES string of the molecule is CCC(NC(=O)OC(C)(C)C)c1ccc(C)cc1. The van der Waals surface area contributed by atoms with Gasteiger partial charge in [0.1, 0.15) is 5.60 Å². The van der Waals surface area contributed by atoms with Crippen molar-refractivity contribution in [1.82, 2.24) is 5.32 Å². The van der Waals surface area contributed by atoms with E-state index in [0.29, 0.717) is 0 Å². The van der Waals surface area contributed by atoms with Crippen molar-refractivity contribution >= 4 is 6.09 Å². The predicted octanol–water partition coefficient (Wildman–Crippen LogP) is 3.97. The Balaban J connectivity index is 2.68. The Morgan fingerprint density at radius 3 is 2.28 bits per heavy atom. The van der Waals surface area contributed by atoms with Crippen LogP contribution in [0.25, 0.3) is 0 Å². The third-order valence-electron chi connectivity index (χ3n) is 2.58. The number of nitrogens with one attached hydrogen (secondary N) is 1. The number of amides is 1. The molecule has 0 saturated heterocycles. The Morgan fingerprint density at radius 2 is 1.83 bits per heavy atom. The summed E-state index contributed by atoms with van der Waals surface area (Å²) in [6.45, 7) is 9.67. The summed E-state index contributed by atoms with van der Waals surface area (Å²) in [5.74, 6) is 0. The molecule has 1 atom stereocenters. The van der Waals surface area contributed by atoms with Crippen molar-refractivity contribution in [3.63, 3.8) is 0 Å². The number of ether oxygens (including phenoxy) is 1. The number of aryl methyl sites for hydroxylation is 1. The number of hydrogen-bond acceptors (Lipinski definition) is 2. The molecule has 0 saturated carbocycles. The fourth-order valence-corrected chi connectivity index (χ4v) is 1.67. The Bertz CT molecular complexity index is 390. The standard InChI is InChI=1S/C15H23NO2/c1-6-13(12-9-7-11(2)8-10-12)16-14(17)18-15(3,4)5/h7-10,13H,6H2,1-5H3,(H,16,17). The van der Waals surface area contributed by atoms with Crippen molar-refractivity contribution in [2.75, 3.05) is 0 Å². The van der Waals surface area contributed by atoms with Gasteiger partial charge >= 0.3 is 6.09 Å². The third kappa shape index (κ3) is 4.78. The molecule has 0 aliphatic carbocycles. The van der Waals surface area contributed by atoms with Crippen LogP contribution in [0.5, 0.6) is 0 Å². The summed E-state index contributed by atoms with van der Waals surface area (Å²) in [6, 6.07) is 8.19. The van der Waals surface area contributed by atoms with Gasteiger partial charge in [-0.1, -0.05) is 36.8 Å². The minimum atomic E-state index is -0.463. The summed E-state index contributed by atoms with van der Waals surface area (Å²) in [5, 5.41) is 2.90. The van der Waals surface area contributed by atoms with Crippen LogP contribution in [-0.2, 0) is 4.74 Å². The van der Waals surface area contributed by atoms with Gasteiger partial charge in [0.05, 0.1) is 6.04 Å². The molecule has 0 spiro atoms. The van der Waals surface area contributed by atoms with Crippen molar-refractivity contribution in [2.45, 2.75) is 52.7 Å². The molecule has 1 amide bonds. The molecule has 1 rings (SSSR count). The molecule has 3 heteroatoms. The first-order chi connectivity index (χ1) is 8.31. The fraction of sp³-hybridized carbons (Fsp3) is 0.533. The molecule has 100 valence electrons. The van der Waals surface area contributed by atoms with E-state index in [9.17, 15) is 4.79 Å². The maximum absolute atomic E-state index is 11.7. The normalized spacial score (nSPS) is 12.9. The van der Waals surface area contributed by atoms with Crippen molar-refractivity contribution in [3.05, 3.63) is 35.4 Å². The molecule has 0 aliphatic rings. The number of alkyl carbamates (subject to hydrolysis) is 1. The summed E-state index contributed by atoms with van der Waals surface area (Å²) >= 11 is 0. The number of hydrogen-bond donors (Lipinski definition) is 1. The van der Waals surface area contributed by atoms with Crippen LogP contribution >= 0.6 is 0 Å². The number of benzene rings is 1. The first-order valence-electron chi connectivity index (χ1n) is 6.38. The Labute approximate surface area is 110 Å². The van der Waals surface area contributed by atoms with Gasteiger partial charge in [-0.15, -0.1) is 0 Å². The summed E-state index contributed by atoms with van der Waals surface area (Å²) < 4.78 is 5.27. The maximum atomic E-state index is 11.7. The smallest absolute Gasteiger partial charge is 0.408 e. The molecule has 1 aromatic rings.